The van der Waals surface area contributed by atoms with Gasteiger partial charge in [-0.05, 0) is 25.5 Å². The van der Waals surface area contributed by atoms with Crippen LogP contribution in [-0.2, 0) is 9.09 Å². The SMILES string of the molecule is CCOP(C)(=O)c1ccc([N+](=O)[O-])cc1C. The third-order valence-electron chi connectivity index (χ3n) is 2.20. The van der Waals surface area contributed by atoms with Gasteiger partial charge in [-0.25, -0.2) is 0 Å². The summed E-state index contributed by atoms with van der Waals surface area (Å²) < 4.78 is 17.3. The van der Waals surface area contributed by atoms with E-state index in [0.29, 0.717) is 17.5 Å². The van der Waals surface area contributed by atoms with Crippen LogP contribution in [0.4, 0.5) is 5.69 Å². The molecule has 6 heteroatoms. The van der Waals surface area contributed by atoms with Crippen molar-refractivity contribution in [3.05, 3.63) is 33.9 Å². The number of benzene rings is 1. The fraction of sp³-hybridized carbons (Fsp3) is 0.400. The second-order valence-electron chi connectivity index (χ2n) is 3.49. The average Bonchev–Trinajstić information content (AvgIpc) is 2.16. The fourth-order valence-electron chi connectivity index (χ4n) is 1.52. The molecule has 0 bridgehead atoms. The predicted octanol–water partition coefficient (Wildman–Crippen LogP) is 2.47. The Kier molecular flexibility index (Phi) is 3.83. The largest absolute Gasteiger partial charge is 0.326 e. The lowest BCUT2D eigenvalue weighted by Crippen LogP contribution is -2.10. The topological polar surface area (TPSA) is 69.4 Å². The van der Waals surface area contributed by atoms with Crippen molar-refractivity contribution < 1.29 is 14.0 Å². The summed E-state index contributed by atoms with van der Waals surface area (Å²) in [6.45, 7) is 5.32. The molecule has 0 aliphatic rings. The molecule has 88 valence electrons. The lowest BCUT2D eigenvalue weighted by Gasteiger charge is -2.14. The van der Waals surface area contributed by atoms with E-state index in [4.69, 9.17) is 4.52 Å². The van der Waals surface area contributed by atoms with Crippen molar-refractivity contribution in [3.8, 4) is 0 Å². The van der Waals surface area contributed by atoms with Gasteiger partial charge in [0.05, 0.1) is 11.5 Å². The highest BCUT2D eigenvalue weighted by Gasteiger charge is 2.22. The van der Waals surface area contributed by atoms with Crippen LogP contribution in [0.5, 0.6) is 0 Å². The summed E-state index contributed by atoms with van der Waals surface area (Å²) in [5, 5.41) is 11.1. The molecular formula is C10H14NO4P. The molecule has 0 fully saturated rings. The van der Waals surface area contributed by atoms with E-state index in [-0.39, 0.29) is 5.69 Å². The Morgan fingerprint density at radius 3 is 2.56 bits per heavy atom. The second kappa shape index (κ2) is 4.76. The van der Waals surface area contributed by atoms with Gasteiger partial charge in [-0.1, -0.05) is 0 Å². The van der Waals surface area contributed by atoms with Crippen LogP contribution < -0.4 is 5.30 Å². The molecule has 0 saturated heterocycles. The first-order chi connectivity index (χ1) is 7.38. The molecule has 0 saturated carbocycles. The van der Waals surface area contributed by atoms with Gasteiger partial charge in [-0.2, -0.15) is 0 Å². The van der Waals surface area contributed by atoms with E-state index in [1.54, 1.807) is 13.8 Å². The van der Waals surface area contributed by atoms with Gasteiger partial charge in [0.15, 0.2) is 0 Å². The molecule has 0 aromatic heterocycles. The molecule has 0 heterocycles. The normalized spacial score (nSPS) is 14.4. The van der Waals surface area contributed by atoms with Crippen LogP contribution in [0.15, 0.2) is 18.2 Å². The summed E-state index contributed by atoms with van der Waals surface area (Å²) >= 11 is 0. The minimum Gasteiger partial charge on any atom is -0.326 e. The van der Waals surface area contributed by atoms with Crippen LogP contribution in [0, 0.1) is 17.0 Å². The van der Waals surface area contributed by atoms with E-state index < -0.39 is 12.3 Å². The summed E-state index contributed by atoms with van der Waals surface area (Å²) in [4.78, 5) is 10.1. The van der Waals surface area contributed by atoms with Crippen LogP contribution in [0.2, 0.25) is 0 Å². The van der Waals surface area contributed by atoms with Crippen LogP contribution in [0.3, 0.4) is 0 Å². The summed E-state index contributed by atoms with van der Waals surface area (Å²) in [7, 11) is -2.86. The van der Waals surface area contributed by atoms with E-state index in [2.05, 4.69) is 0 Å². The molecule has 0 aliphatic heterocycles. The maximum absolute atomic E-state index is 12.1. The van der Waals surface area contributed by atoms with Crippen molar-refractivity contribution in [1.29, 1.82) is 0 Å². The van der Waals surface area contributed by atoms with Crippen LogP contribution in [-0.4, -0.2) is 18.2 Å². The number of hydrogen-bond donors (Lipinski definition) is 0. The first kappa shape index (κ1) is 12.9. The summed E-state index contributed by atoms with van der Waals surface area (Å²) in [6, 6.07) is 4.26. The molecule has 0 amide bonds. The van der Waals surface area contributed by atoms with Crippen LogP contribution in [0.1, 0.15) is 12.5 Å². The Morgan fingerprint density at radius 2 is 2.12 bits per heavy atom. The zero-order valence-corrected chi connectivity index (χ0v) is 10.4. The van der Waals surface area contributed by atoms with E-state index >= 15 is 0 Å². The monoisotopic (exact) mass is 243 g/mol. The Labute approximate surface area is 94.0 Å². The van der Waals surface area contributed by atoms with Crippen molar-refractivity contribution >= 4 is 18.4 Å². The number of nitro benzene ring substituents is 1. The molecule has 0 N–H and O–H groups in total. The minimum atomic E-state index is -2.86. The number of nitrogens with zero attached hydrogens (tertiary/aromatic N) is 1. The highest BCUT2D eigenvalue weighted by atomic mass is 31.2. The number of rotatable bonds is 4. The molecule has 16 heavy (non-hydrogen) atoms. The first-order valence-electron chi connectivity index (χ1n) is 4.86. The molecule has 1 unspecified atom stereocenters. The van der Waals surface area contributed by atoms with Gasteiger partial charge >= 0.3 is 0 Å². The van der Waals surface area contributed by atoms with Gasteiger partial charge in [-0.15, -0.1) is 0 Å². The van der Waals surface area contributed by atoms with E-state index in [1.165, 1.54) is 24.9 Å². The van der Waals surface area contributed by atoms with E-state index in [0.717, 1.165) is 0 Å². The zero-order valence-electron chi connectivity index (χ0n) is 9.47. The standard InChI is InChI=1S/C10H14NO4P/c1-4-15-16(3,14)10-6-5-9(11(12)13)7-8(10)2/h5-7H,4H2,1-3H3. The number of aryl methyl sites for hydroxylation is 1. The van der Waals surface area contributed by atoms with Gasteiger partial charge in [0.1, 0.15) is 0 Å². The van der Waals surface area contributed by atoms with Gasteiger partial charge in [0.2, 0.25) is 7.37 Å². The Hall–Kier alpha value is -1.19. The number of nitro groups is 1. The van der Waals surface area contributed by atoms with Crippen molar-refractivity contribution in [1.82, 2.24) is 0 Å². The Balaban J connectivity index is 3.18. The highest BCUT2D eigenvalue weighted by Crippen LogP contribution is 2.42. The predicted molar refractivity (Wildman–Crippen MR) is 62.6 cm³/mol. The van der Waals surface area contributed by atoms with E-state index in [1.807, 2.05) is 0 Å². The quantitative estimate of drug-likeness (QED) is 0.462. The molecule has 1 atom stereocenters. The Morgan fingerprint density at radius 1 is 1.50 bits per heavy atom. The van der Waals surface area contributed by atoms with Crippen molar-refractivity contribution in [2.45, 2.75) is 13.8 Å². The number of hydrogen-bond acceptors (Lipinski definition) is 4. The zero-order chi connectivity index (χ0) is 12.3. The van der Waals surface area contributed by atoms with Gasteiger partial charge in [-0.3, -0.25) is 14.7 Å². The van der Waals surface area contributed by atoms with Crippen LogP contribution >= 0.6 is 7.37 Å². The average molecular weight is 243 g/mol. The van der Waals surface area contributed by atoms with Gasteiger partial charge in [0.25, 0.3) is 5.69 Å². The molecule has 1 rings (SSSR count). The summed E-state index contributed by atoms with van der Waals surface area (Å²) in [5.74, 6) is 0. The molecule has 0 aliphatic carbocycles. The number of non-ortho nitro benzene ring substituents is 1. The van der Waals surface area contributed by atoms with E-state index in [9.17, 15) is 14.7 Å². The third-order valence-corrected chi connectivity index (χ3v) is 4.33. The summed E-state index contributed by atoms with van der Waals surface area (Å²) in [5.41, 5.74) is 0.617. The second-order valence-corrected chi connectivity index (χ2v) is 5.92. The molecule has 1 aromatic rings. The van der Waals surface area contributed by atoms with Gasteiger partial charge in [0, 0.05) is 24.1 Å². The first-order valence-corrected chi connectivity index (χ1v) is 6.93. The van der Waals surface area contributed by atoms with Crippen molar-refractivity contribution in [2.24, 2.45) is 0 Å². The van der Waals surface area contributed by atoms with Crippen molar-refractivity contribution in [2.75, 3.05) is 13.3 Å². The maximum Gasteiger partial charge on any atom is 0.269 e. The summed E-state index contributed by atoms with van der Waals surface area (Å²) in [6.07, 6.45) is 0. The van der Waals surface area contributed by atoms with Crippen molar-refractivity contribution in [3.63, 3.8) is 0 Å². The van der Waals surface area contributed by atoms with Crippen LogP contribution in [0.25, 0.3) is 0 Å². The molecule has 1 aromatic carbocycles. The molecule has 5 nitrogen and oxygen atoms in total. The lowest BCUT2D eigenvalue weighted by molar-refractivity contribution is -0.384. The fourth-order valence-corrected chi connectivity index (χ4v) is 3.21. The Bertz CT molecular complexity index is 458. The third kappa shape index (κ3) is 2.68. The minimum absolute atomic E-state index is 0.00208. The lowest BCUT2D eigenvalue weighted by atomic mass is 10.2. The smallest absolute Gasteiger partial charge is 0.269 e. The molecular weight excluding hydrogens is 229 g/mol. The maximum atomic E-state index is 12.1. The molecule has 0 spiro atoms. The highest BCUT2D eigenvalue weighted by molar-refractivity contribution is 7.66. The van der Waals surface area contributed by atoms with Gasteiger partial charge < -0.3 is 4.52 Å². The molecule has 0 radical (unpaired) electrons.